The van der Waals surface area contributed by atoms with Crippen molar-refractivity contribution in [1.29, 1.82) is 0 Å². The van der Waals surface area contributed by atoms with Crippen molar-refractivity contribution >= 4 is 11.8 Å². The van der Waals surface area contributed by atoms with E-state index in [4.69, 9.17) is 5.73 Å². The molecule has 1 aliphatic heterocycles. The van der Waals surface area contributed by atoms with Crippen LogP contribution in [0.3, 0.4) is 0 Å². The van der Waals surface area contributed by atoms with Crippen LogP contribution in [0, 0.1) is 0 Å². The van der Waals surface area contributed by atoms with Gasteiger partial charge in [-0.15, -0.1) is 11.8 Å². The first-order valence-electron chi connectivity index (χ1n) is 2.95. The molecule has 0 bridgehead atoms. The molecule has 0 saturated carbocycles. The van der Waals surface area contributed by atoms with Gasteiger partial charge in [0.1, 0.15) is 0 Å². The van der Waals surface area contributed by atoms with E-state index in [-0.39, 0.29) is 0 Å². The third-order valence-electron chi connectivity index (χ3n) is 1.20. The number of rotatable bonds is 1. The standard InChI is InChI=1S/C6H11NS/c7-4-3-6-2-1-5-8-6/h3H,1-2,4-5,7H2/b6-3-. The van der Waals surface area contributed by atoms with Gasteiger partial charge >= 0.3 is 0 Å². The SMILES string of the molecule is NC/C=C1/CCCS1. The van der Waals surface area contributed by atoms with Gasteiger partial charge in [-0.25, -0.2) is 0 Å². The van der Waals surface area contributed by atoms with Crippen LogP contribution in [-0.4, -0.2) is 12.3 Å². The van der Waals surface area contributed by atoms with Gasteiger partial charge in [-0.2, -0.15) is 0 Å². The van der Waals surface area contributed by atoms with Gasteiger partial charge in [-0.3, -0.25) is 0 Å². The first-order chi connectivity index (χ1) is 3.93. The van der Waals surface area contributed by atoms with Crippen LogP contribution in [0.2, 0.25) is 0 Å². The molecule has 8 heavy (non-hydrogen) atoms. The molecule has 2 N–H and O–H groups in total. The summed E-state index contributed by atoms with van der Waals surface area (Å²) in [5, 5.41) is 0. The quantitative estimate of drug-likeness (QED) is 0.578. The van der Waals surface area contributed by atoms with E-state index >= 15 is 0 Å². The van der Waals surface area contributed by atoms with Gasteiger partial charge in [0.2, 0.25) is 0 Å². The Hall–Kier alpha value is 0.0500. The zero-order valence-corrected chi connectivity index (χ0v) is 5.71. The minimum absolute atomic E-state index is 0.711. The second-order valence-corrected chi connectivity index (χ2v) is 3.08. The van der Waals surface area contributed by atoms with Crippen LogP contribution in [0.15, 0.2) is 11.0 Å². The molecule has 0 unspecified atom stereocenters. The van der Waals surface area contributed by atoms with Crippen molar-refractivity contribution in [2.45, 2.75) is 12.8 Å². The molecular weight excluding hydrogens is 118 g/mol. The second-order valence-electron chi connectivity index (χ2n) is 1.86. The first-order valence-corrected chi connectivity index (χ1v) is 3.94. The summed E-state index contributed by atoms with van der Waals surface area (Å²) in [7, 11) is 0. The highest BCUT2D eigenvalue weighted by atomic mass is 32.2. The summed E-state index contributed by atoms with van der Waals surface area (Å²) in [4.78, 5) is 1.49. The molecule has 0 aliphatic carbocycles. The van der Waals surface area contributed by atoms with Crippen molar-refractivity contribution in [2.24, 2.45) is 5.73 Å². The van der Waals surface area contributed by atoms with E-state index in [2.05, 4.69) is 6.08 Å². The minimum Gasteiger partial charge on any atom is -0.327 e. The van der Waals surface area contributed by atoms with E-state index in [0.717, 1.165) is 0 Å². The Morgan fingerprint density at radius 1 is 1.75 bits per heavy atom. The van der Waals surface area contributed by atoms with Crippen LogP contribution < -0.4 is 5.73 Å². The van der Waals surface area contributed by atoms with Gasteiger partial charge in [-0.1, -0.05) is 6.08 Å². The van der Waals surface area contributed by atoms with Crippen molar-refractivity contribution in [1.82, 2.24) is 0 Å². The van der Waals surface area contributed by atoms with Crippen molar-refractivity contribution in [3.05, 3.63) is 11.0 Å². The lowest BCUT2D eigenvalue weighted by atomic mass is 10.3. The third kappa shape index (κ3) is 1.53. The lowest BCUT2D eigenvalue weighted by molar-refractivity contribution is 0.989. The lowest BCUT2D eigenvalue weighted by Gasteiger charge is -1.88. The lowest BCUT2D eigenvalue weighted by Crippen LogP contribution is -1.93. The molecule has 0 aromatic carbocycles. The molecule has 2 heteroatoms. The number of nitrogens with two attached hydrogens (primary N) is 1. The van der Waals surface area contributed by atoms with Crippen molar-refractivity contribution < 1.29 is 0 Å². The van der Waals surface area contributed by atoms with Gasteiger partial charge in [0.15, 0.2) is 0 Å². The molecule has 0 amide bonds. The Morgan fingerprint density at radius 3 is 3.12 bits per heavy atom. The van der Waals surface area contributed by atoms with Crippen molar-refractivity contribution in [2.75, 3.05) is 12.3 Å². The molecule has 1 rings (SSSR count). The highest BCUT2D eigenvalue weighted by molar-refractivity contribution is 8.03. The monoisotopic (exact) mass is 129 g/mol. The molecule has 0 aromatic rings. The molecule has 1 saturated heterocycles. The fourth-order valence-electron chi connectivity index (χ4n) is 0.814. The zero-order valence-electron chi connectivity index (χ0n) is 4.89. The predicted molar refractivity (Wildman–Crippen MR) is 38.8 cm³/mol. The van der Waals surface area contributed by atoms with Crippen molar-refractivity contribution in [3.8, 4) is 0 Å². The topological polar surface area (TPSA) is 26.0 Å². The van der Waals surface area contributed by atoms with Crippen LogP contribution in [0.5, 0.6) is 0 Å². The molecule has 0 spiro atoms. The number of hydrogen-bond donors (Lipinski definition) is 1. The van der Waals surface area contributed by atoms with Gasteiger partial charge in [0.05, 0.1) is 0 Å². The molecule has 0 aromatic heterocycles. The molecule has 0 atom stereocenters. The van der Waals surface area contributed by atoms with Crippen LogP contribution >= 0.6 is 11.8 Å². The minimum atomic E-state index is 0.711. The van der Waals surface area contributed by atoms with Gasteiger partial charge in [-0.05, 0) is 23.5 Å². The average molecular weight is 129 g/mol. The Balaban J connectivity index is 2.33. The predicted octanol–water partition coefficient (Wildman–Crippen LogP) is 1.36. The summed E-state index contributed by atoms with van der Waals surface area (Å²) in [5.74, 6) is 1.30. The van der Waals surface area contributed by atoms with Gasteiger partial charge in [0.25, 0.3) is 0 Å². The van der Waals surface area contributed by atoms with E-state index in [0.29, 0.717) is 6.54 Å². The number of allylic oxidation sites excluding steroid dienone is 1. The van der Waals surface area contributed by atoms with Gasteiger partial charge < -0.3 is 5.73 Å². The third-order valence-corrected chi connectivity index (χ3v) is 2.43. The van der Waals surface area contributed by atoms with Crippen LogP contribution in [0.4, 0.5) is 0 Å². The molecule has 1 heterocycles. The highest BCUT2D eigenvalue weighted by Crippen LogP contribution is 2.29. The smallest absolute Gasteiger partial charge is 0.0117 e. The highest BCUT2D eigenvalue weighted by Gasteiger charge is 2.04. The second kappa shape index (κ2) is 3.15. The number of hydrogen-bond acceptors (Lipinski definition) is 2. The van der Waals surface area contributed by atoms with E-state index in [1.165, 1.54) is 23.5 Å². The van der Waals surface area contributed by atoms with E-state index < -0.39 is 0 Å². The summed E-state index contributed by atoms with van der Waals surface area (Å²) < 4.78 is 0. The van der Waals surface area contributed by atoms with E-state index in [1.54, 1.807) is 0 Å². The zero-order chi connectivity index (χ0) is 5.82. The van der Waals surface area contributed by atoms with Gasteiger partial charge in [0, 0.05) is 6.54 Å². The van der Waals surface area contributed by atoms with Crippen LogP contribution in [-0.2, 0) is 0 Å². The van der Waals surface area contributed by atoms with Crippen LogP contribution in [0.25, 0.3) is 0 Å². The fourth-order valence-corrected chi connectivity index (χ4v) is 1.87. The molecular formula is C6H11NS. The molecule has 1 nitrogen and oxygen atoms in total. The maximum atomic E-state index is 5.32. The van der Waals surface area contributed by atoms with Crippen molar-refractivity contribution in [3.63, 3.8) is 0 Å². The molecule has 1 fully saturated rings. The Kier molecular flexibility index (Phi) is 2.43. The number of thioether (sulfide) groups is 1. The summed E-state index contributed by atoms with van der Waals surface area (Å²) >= 11 is 1.95. The Morgan fingerprint density at radius 2 is 2.62 bits per heavy atom. The average Bonchev–Trinajstić information content (AvgIpc) is 2.19. The first kappa shape index (κ1) is 6.17. The molecule has 0 radical (unpaired) electrons. The summed E-state index contributed by atoms with van der Waals surface area (Å²) in [6, 6.07) is 0. The summed E-state index contributed by atoms with van der Waals surface area (Å²) in [6.45, 7) is 0.711. The Labute approximate surface area is 54.3 Å². The fraction of sp³-hybridized carbons (Fsp3) is 0.667. The Bertz CT molecular complexity index is 90.7. The molecule has 46 valence electrons. The van der Waals surface area contributed by atoms with E-state index in [9.17, 15) is 0 Å². The largest absolute Gasteiger partial charge is 0.327 e. The summed E-state index contributed by atoms with van der Waals surface area (Å²) in [5.41, 5.74) is 5.32. The van der Waals surface area contributed by atoms with Crippen LogP contribution in [0.1, 0.15) is 12.8 Å². The molecule has 1 aliphatic rings. The summed E-state index contributed by atoms with van der Waals surface area (Å²) in [6.07, 6.45) is 4.73. The maximum Gasteiger partial charge on any atom is 0.0117 e. The maximum absolute atomic E-state index is 5.32. The van der Waals surface area contributed by atoms with E-state index in [1.807, 2.05) is 11.8 Å². The normalized spacial score (nSPS) is 24.9.